The summed E-state index contributed by atoms with van der Waals surface area (Å²) in [6.07, 6.45) is 1.90. The fraction of sp³-hybridized carbons (Fsp3) is 0.917. The van der Waals surface area contributed by atoms with Crippen molar-refractivity contribution in [2.45, 2.75) is 45.3 Å². The number of likely N-dealkylation sites (tertiary alicyclic amines) is 1. The summed E-state index contributed by atoms with van der Waals surface area (Å²) in [5.41, 5.74) is -1.31. The predicted molar refractivity (Wildman–Crippen MR) is 63.1 cm³/mol. The number of alkyl halides is 1. The number of hydrogen-bond acceptors (Lipinski definition) is 2. The van der Waals surface area contributed by atoms with E-state index in [9.17, 15) is 9.18 Å². The molecule has 1 aliphatic rings. The van der Waals surface area contributed by atoms with Gasteiger partial charge < -0.3 is 9.80 Å². The molecular weight excluding hydrogens is 207 g/mol. The molecule has 16 heavy (non-hydrogen) atoms. The molecule has 4 heteroatoms. The molecule has 1 heterocycles. The Kier molecular flexibility index (Phi) is 4.30. The van der Waals surface area contributed by atoms with Crippen LogP contribution in [0.25, 0.3) is 0 Å². The van der Waals surface area contributed by atoms with E-state index in [1.807, 2.05) is 0 Å². The first-order valence-electron chi connectivity index (χ1n) is 5.94. The van der Waals surface area contributed by atoms with Crippen LogP contribution in [0.1, 0.15) is 33.6 Å². The number of carbonyl (C=O) groups is 1. The maximum absolute atomic E-state index is 13.6. The van der Waals surface area contributed by atoms with Crippen molar-refractivity contribution in [3.63, 3.8) is 0 Å². The Bertz CT molecular complexity index is 242. The fourth-order valence-electron chi connectivity index (χ4n) is 2.21. The average molecular weight is 230 g/mol. The predicted octanol–water partition coefficient (Wildman–Crippen LogP) is 1.68. The molecule has 0 spiro atoms. The second-order valence-corrected chi connectivity index (χ2v) is 5.40. The molecule has 94 valence electrons. The SMILES string of the molecule is CC(=O)N(CC(C)(C)F)C1CCN(C)CC1. The number of amides is 1. The van der Waals surface area contributed by atoms with Crippen LogP contribution in [0.5, 0.6) is 0 Å². The lowest BCUT2D eigenvalue weighted by molar-refractivity contribution is -0.134. The number of halogens is 1. The van der Waals surface area contributed by atoms with Gasteiger partial charge in [0.1, 0.15) is 5.67 Å². The smallest absolute Gasteiger partial charge is 0.219 e. The topological polar surface area (TPSA) is 23.6 Å². The lowest BCUT2D eigenvalue weighted by atomic mass is 10.0. The minimum Gasteiger partial charge on any atom is -0.337 e. The Morgan fingerprint density at radius 2 is 1.94 bits per heavy atom. The van der Waals surface area contributed by atoms with Crippen molar-refractivity contribution in [1.82, 2.24) is 9.80 Å². The van der Waals surface area contributed by atoms with E-state index in [2.05, 4.69) is 11.9 Å². The van der Waals surface area contributed by atoms with E-state index in [4.69, 9.17) is 0 Å². The van der Waals surface area contributed by atoms with E-state index in [0.717, 1.165) is 25.9 Å². The molecule has 0 aromatic heterocycles. The molecular formula is C12H23FN2O. The molecule has 1 fully saturated rings. The molecule has 0 N–H and O–H groups in total. The van der Waals surface area contributed by atoms with E-state index in [1.165, 1.54) is 20.8 Å². The number of nitrogens with zero attached hydrogens (tertiary/aromatic N) is 2. The first kappa shape index (κ1) is 13.4. The summed E-state index contributed by atoms with van der Waals surface area (Å²) < 4.78 is 13.6. The highest BCUT2D eigenvalue weighted by Gasteiger charge is 2.29. The fourth-order valence-corrected chi connectivity index (χ4v) is 2.21. The van der Waals surface area contributed by atoms with Crippen LogP contribution in [0.15, 0.2) is 0 Å². The van der Waals surface area contributed by atoms with Crippen molar-refractivity contribution < 1.29 is 9.18 Å². The van der Waals surface area contributed by atoms with Crippen LogP contribution < -0.4 is 0 Å². The van der Waals surface area contributed by atoms with Crippen LogP contribution in [0.4, 0.5) is 4.39 Å². The summed E-state index contributed by atoms with van der Waals surface area (Å²) in [6.45, 7) is 6.76. The summed E-state index contributed by atoms with van der Waals surface area (Å²) in [4.78, 5) is 15.5. The minimum absolute atomic E-state index is 0.0136. The monoisotopic (exact) mass is 230 g/mol. The van der Waals surface area contributed by atoms with Gasteiger partial charge in [-0.2, -0.15) is 0 Å². The van der Waals surface area contributed by atoms with Gasteiger partial charge >= 0.3 is 0 Å². The Hall–Kier alpha value is -0.640. The first-order chi connectivity index (χ1) is 7.29. The van der Waals surface area contributed by atoms with Gasteiger partial charge in [-0.3, -0.25) is 4.79 Å². The molecule has 1 amide bonds. The molecule has 0 aromatic rings. The third-order valence-electron chi connectivity index (χ3n) is 3.08. The number of carbonyl (C=O) groups excluding carboxylic acids is 1. The summed E-state index contributed by atoms with van der Waals surface area (Å²) in [6, 6.07) is 0.212. The van der Waals surface area contributed by atoms with Gasteiger partial charge in [-0.25, -0.2) is 4.39 Å². The largest absolute Gasteiger partial charge is 0.337 e. The number of hydrogen-bond donors (Lipinski definition) is 0. The van der Waals surface area contributed by atoms with Crippen molar-refractivity contribution in [3.8, 4) is 0 Å². The molecule has 1 saturated heterocycles. The molecule has 0 bridgehead atoms. The van der Waals surface area contributed by atoms with Crippen LogP contribution in [0, 0.1) is 0 Å². The zero-order valence-electron chi connectivity index (χ0n) is 10.8. The third kappa shape index (κ3) is 4.08. The molecule has 0 aromatic carbocycles. The van der Waals surface area contributed by atoms with E-state index < -0.39 is 5.67 Å². The van der Waals surface area contributed by atoms with Crippen molar-refractivity contribution >= 4 is 5.91 Å². The van der Waals surface area contributed by atoms with E-state index in [1.54, 1.807) is 4.90 Å². The highest BCUT2D eigenvalue weighted by Crippen LogP contribution is 2.20. The van der Waals surface area contributed by atoms with Gasteiger partial charge in [-0.1, -0.05) is 0 Å². The van der Waals surface area contributed by atoms with Crippen LogP contribution in [0.2, 0.25) is 0 Å². The van der Waals surface area contributed by atoms with E-state index >= 15 is 0 Å². The van der Waals surface area contributed by atoms with Crippen LogP contribution in [-0.2, 0) is 4.79 Å². The number of piperidine rings is 1. The molecule has 1 rings (SSSR count). The van der Waals surface area contributed by atoms with Gasteiger partial charge in [-0.15, -0.1) is 0 Å². The van der Waals surface area contributed by atoms with Crippen molar-refractivity contribution in [1.29, 1.82) is 0 Å². The second-order valence-electron chi connectivity index (χ2n) is 5.40. The maximum Gasteiger partial charge on any atom is 0.219 e. The lowest BCUT2D eigenvalue weighted by Crippen LogP contribution is -2.49. The highest BCUT2D eigenvalue weighted by atomic mass is 19.1. The second kappa shape index (κ2) is 5.13. The van der Waals surface area contributed by atoms with Crippen molar-refractivity contribution in [2.75, 3.05) is 26.7 Å². The standard InChI is InChI=1S/C12H23FN2O/c1-10(16)15(9-12(2,3)13)11-5-7-14(4)8-6-11/h11H,5-9H2,1-4H3. The van der Waals surface area contributed by atoms with Gasteiger partial charge in [0.05, 0.1) is 6.54 Å². The van der Waals surface area contributed by atoms with Gasteiger partial charge in [0.2, 0.25) is 5.91 Å². The Balaban J connectivity index is 2.60. The summed E-state index contributed by atoms with van der Waals surface area (Å²) >= 11 is 0. The molecule has 1 aliphatic heterocycles. The zero-order valence-corrected chi connectivity index (χ0v) is 10.8. The Labute approximate surface area is 97.6 Å². The molecule has 3 nitrogen and oxygen atoms in total. The highest BCUT2D eigenvalue weighted by molar-refractivity contribution is 5.73. The quantitative estimate of drug-likeness (QED) is 0.736. The normalized spacial score (nSPS) is 19.8. The molecule has 0 unspecified atom stereocenters. The third-order valence-corrected chi connectivity index (χ3v) is 3.08. The average Bonchev–Trinajstić information content (AvgIpc) is 2.14. The van der Waals surface area contributed by atoms with Gasteiger partial charge in [0, 0.05) is 13.0 Å². The van der Waals surface area contributed by atoms with Gasteiger partial charge in [0.25, 0.3) is 0 Å². The zero-order chi connectivity index (χ0) is 12.3. The molecule has 0 saturated carbocycles. The summed E-state index contributed by atoms with van der Waals surface area (Å²) in [5, 5.41) is 0. The summed E-state index contributed by atoms with van der Waals surface area (Å²) in [5.74, 6) is -0.0136. The Morgan fingerprint density at radius 3 is 2.31 bits per heavy atom. The Morgan fingerprint density at radius 1 is 1.44 bits per heavy atom. The van der Waals surface area contributed by atoms with Gasteiger partial charge in [-0.05, 0) is 46.8 Å². The van der Waals surface area contributed by atoms with Crippen molar-refractivity contribution in [3.05, 3.63) is 0 Å². The van der Waals surface area contributed by atoms with Crippen LogP contribution >= 0.6 is 0 Å². The summed E-state index contributed by atoms with van der Waals surface area (Å²) in [7, 11) is 2.08. The van der Waals surface area contributed by atoms with E-state index in [0.29, 0.717) is 0 Å². The molecule has 0 atom stereocenters. The van der Waals surface area contributed by atoms with Crippen molar-refractivity contribution in [2.24, 2.45) is 0 Å². The lowest BCUT2D eigenvalue weighted by Gasteiger charge is -2.38. The van der Waals surface area contributed by atoms with Crippen LogP contribution in [0.3, 0.4) is 0 Å². The number of rotatable bonds is 3. The minimum atomic E-state index is -1.31. The van der Waals surface area contributed by atoms with Crippen LogP contribution in [-0.4, -0.2) is 54.1 Å². The van der Waals surface area contributed by atoms with E-state index in [-0.39, 0.29) is 18.5 Å². The van der Waals surface area contributed by atoms with Gasteiger partial charge in [0.15, 0.2) is 0 Å². The maximum atomic E-state index is 13.6. The first-order valence-corrected chi connectivity index (χ1v) is 5.94. The molecule has 0 aliphatic carbocycles. The molecule has 0 radical (unpaired) electrons.